The molecule has 0 bridgehead atoms. The van der Waals surface area contributed by atoms with Crippen molar-refractivity contribution in [3.05, 3.63) is 23.8 Å². The van der Waals surface area contributed by atoms with Gasteiger partial charge in [-0.05, 0) is 24.6 Å². The van der Waals surface area contributed by atoms with Crippen molar-refractivity contribution in [2.75, 3.05) is 20.4 Å². The summed E-state index contributed by atoms with van der Waals surface area (Å²) in [5.41, 5.74) is -0.728. The molecular formula is C14H14N2O6. The number of benzene rings is 1. The lowest BCUT2D eigenvalue weighted by Crippen LogP contribution is -2.41. The fraction of sp³-hybridized carbons (Fsp3) is 0.357. The molecule has 116 valence electrons. The van der Waals surface area contributed by atoms with Crippen LogP contribution in [0.1, 0.15) is 12.5 Å². The minimum atomic E-state index is -1.27. The first kappa shape index (κ1) is 14.2. The van der Waals surface area contributed by atoms with Gasteiger partial charge in [0.25, 0.3) is 5.91 Å². The molecule has 0 aromatic heterocycles. The second-order valence-corrected chi connectivity index (χ2v) is 5.09. The van der Waals surface area contributed by atoms with Crippen LogP contribution in [0.2, 0.25) is 0 Å². The summed E-state index contributed by atoms with van der Waals surface area (Å²) in [5, 5.41) is 2.60. The highest BCUT2D eigenvalue weighted by Gasteiger charge is 2.50. The molecule has 2 aliphatic rings. The fourth-order valence-electron chi connectivity index (χ4n) is 2.44. The van der Waals surface area contributed by atoms with Crippen molar-refractivity contribution in [3.63, 3.8) is 0 Å². The topological polar surface area (TPSA) is 94.2 Å². The smallest absolute Gasteiger partial charge is 0.325 e. The number of urea groups is 1. The molecule has 1 fully saturated rings. The third-order valence-electron chi connectivity index (χ3n) is 3.74. The van der Waals surface area contributed by atoms with E-state index in [9.17, 15) is 14.4 Å². The number of carbonyl (C=O) groups excluding carboxylic acids is 3. The predicted molar refractivity (Wildman–Crippen MR) is 72.2 cm³/mol. The van der Waals surface area contributed by atoms with Gasteiger partial charge >= 0.3 is 12.0 Å². The summed E-state index contributed by atoms with van der Waals surface area (Å²) in [6, 6.07) is 4.34. The molecule has 3 rings (SSSR count). The molecule has 0 spiro atoms. The number of hydrogen-bond donors (Lipinski definition) is 1. The zero-order valence-electron chi connectivity index (χ0n) is 12.0. The Kier molecular flexibility index (Phi) is 3.16. The minimum Gasteiger partial charge on any atom is -0.468 e. The fourth-order valence-corrected chi connectivity index (χ4v) is 2.44. The number of esters is 1. The number of ether oxygens (including phenoxy) is 3. The van der Waals surface area contributed by atoms with E-state index in [1.165, 1.54) is 7.11 Å². The van der Waals surface area contributed by atoms with Crippen LogP contribution in [-0.4, -0.2) is 43.3 Å². The number of fused-ring (bicyclic) bond motifs is 1. The quantitative estimate of drug-likeness (QED) is 0.640. The van der Waals surface area contributed by atoms with Gasteiger partial charge in [-0.1, -0.05) is 6.07 Å². The van der Waals surface area contributed by atoms with Crippen molar-refractivity contribution < 1.29 is 28.6 Å². The molecule has 1 N–H and O–H groups in total. The van der Waals surface area contributed by atoms with E-state index in [4.69, 9.17) is 9.47 Å². The van der Waals surface area contributed by atoms with E-state index in [1.807, 2.05) is 0 Å². The molecular weight excluding hydrogens is 292 g/mol. The molecule has 0 aliphatic carbocycles. The predicted octanol–water partition coefficient (Wildman–Crippen LogP) is 0.355. The van der Waals surface area contributed by atoms with Gasteiger partial charge in [-0.15, -0.1) is 0 Å². The van der Waals surface area contributed by atoms with Crippen molar-refractivity contribution in [3.8, 4) is 11.5 Å². The van der Waals surface area contributed by atoms with E-state index in [0.29, 0.717) is 17.1 Å². The Hall–Kier alpha value is -2.77. The highest BCUT2D eigenvalue weighted by molar-refractivity contribution is 6.08. The zero-order chi connectivity index (χ0) is 15.9. The van der Waals surface area contributed by atoms with Crippen LogP contribution in [0.15, 0.2) is 18.2 Å². The first-order valence-corrected chi connectivity index (χ1v) is 6.57. The largest absolute Gasteiger partial charge is 0.468 e. The highest BCUT2D eigenvalue weighted by Crippen LogP contribution is 2.37. The summed E-state index contributed by atoms with van der Waals surface area (Å²) in [6.45, 7) is 1.26. The molecule has 1 aromatic rings. The van der Waals surface area contributed by atoms with E-state index < -0.39 is 30.0 Å². The number of imide groups is 1. The van der Waals surface area contributed by atoms with Crippen molar-refractivity contribution in [2.24, 2.45) is 0 Å². The third kappa shape index (κ3) is 2.03. The van der Waals surface area contributed by atoms with Gasteiger partial charge < -0.3 is 19.5 Å². The number of nitrogens with zero attached hydrogens (tertiary/aromatic N) is 1. The van der Waals surface area contributed by atoms with E-state index in [-0.39, 0.29) is 6.79 Å². The molecule has 2 aliphatic heterocycles. The number of methoxy groups -OCH3 is 1. The van der Waals surface area contributed by atoms with Gasteiger partial charge in [-0.3, -0.25) is 14.5 Å². The zero-order valence-corrected chi connectivity index (χ0v) is 12.0. The molecule has 0 saturated carbocycles. The molecule has 0 unspecified atom stereocenters. The molecule has 1 saturated heterocycles. The SMILES string of the molecule is COC(=O)CN1C(=O)N[C@](C)(c2ccc3c(c2)OCO3)C1=O. The Balaban J connectivity index is 1.91. The summed E-state index contributed by atoms with van der Waals surface area (Å²) in [6.07, 6.45) is 0. The molecule has 1 atom stereocenters. The van der Waals surface area contributed by atoms with E-state index in [1.54, 1.807) is 25.1 Å². The highest BCUT2D eigenvalue weighted by atomic mass is 16.7. The Morgan fingerprint density at radius 1 is 1.36 bits per heavy atom. The van der Waals surface area contributed by atoms with Crippen LogP contribution in [0.5, 0.6) is 11.5 Å². The lowest BCUT2D eigenvalue weighted by atomic mass is 9.91. The van der Waals surface area contributed by atoms with Crippen molar-refractivity contribution >= 4 is 17.9 Å². The summed E-state index contributed by atoms with van der Waals surface area (Å²) in [5.74, 6) is -0.108. The maximum atomic E-state index is 12.6. The number of rotatable bonds is 3. The Bertz CT molecular complexity index is 673. The standard InChI is InChI=1S/C14H14N2O6/c1-14(8-3-4-9-10(5-8)22-7-21-9)12(18)16(13(19)15-14)6-11(17)20-2/h3-5H,6-7H2,1-2H3,(H,15,19)/t14-/m1/s1. The maximum Gasteiger partial charge on any atom is 0.325 e. The summed E-state index contributed by atoms with van der Waals surface area (Å²) in [7, 11) is 1.19. The second kappa shape index (κ2) is 4.90. The lowest BCUT2D eigenvalue weighted by Gasteiger charge is -2.22. The third-order valence-corrected chi connectivity index (χ3v) is 3.74. The lowest BCUT2D eigenvalue weighted by molar-refractivity contribution is -0.145. The summed E-state index contributed by atoms with van der Waals surface area (Å²) >= 11 is 0. The van der Waals surface area contributed by atoms with Crippen LogP contribution in [0, 0.1) is 0 Å². The molecule has 0 radical (unpaired) electrons. The normalized spacial score (nSPS) is 22.7. The number of hydrogen-bond acceptors (Lipinski definition) is 6. The van der Waals surface area contributed by atoms with Gasteiger partial charge in [-0.2, -0.15) is 0 Å². The maximum absolute atomic E-state index is 12.6. The monoisotopic (exact) mass is 306 g/mol. The van der Waals surface area contributed by atoms with Gasteiger partial charge in [0.1, 0.15) is 12.1 Å². The molecule has 1 aromatic carbocycles. The molecule has 2 heterocycles. The van der Waals surface area contributed by atoms with Crippen LogP contribution in [-0.2, 0) is 19.9 Å². The average Bonchev–Trinajstić information content (AvgIpc) is 3.05. The van der Waals surface area contributed by atoms with Crippen molar-refractivity contribution in [1.82, 2.24) is 10.2 Å². The molecule has 8 heteroatoms. The molecule has 22 heavy (non-hydrogen) atoms. The first-order chi connectivity index (χ1) is 10.5. The van der Waals surface area contributed by atoms with Crippen LogP contribution in [0.3, 0.4) is 0 Å². The van der Waals surface area contributed by atoms with Gasteiger partial charge in [0, 0.05) is 0 Å². The summed E-state index contributed by atoms with van der Waals surface area (Å²) in [4.78, 5) is 36.7. The van der Waals surface area contributed by atoms with Crippen LogP contribution < -0.4 is 14.8 Å². The molecule has 8 nitrogen and oxygen atoms in total. The van der Waals surface area contributed by atoms with Crippen LogP contribution in [0.25, 0.3) is 0 Å². The van der Waals surface area contributed by atoms with Crippen molar-refractivity contribution in [2.45, 2.75) is 12.5 Å². The van der Waals surface area contributed by atoms with Gasteiger partial charge in [0.15, 0.2) is 11.5 Å². The van der Waals surface area contributed by atoms with Gasteiger partial charge in [0.05, 0.1) is 7.11 Å². The Labute approximate surface area is 125 Å². The average molecular weight is 306 g/mol. The van der Waals surface area contributed by atoms with E-state index in [2.05, 4.69) is 10.1 Å². The summed E-state index contributed by atoms with van der Waals surface area (Å²) < 4.78 is 15.0. The molecule has 3 amide bonds. The van der Waals surface area contributed by atoms with E-state index in [0.717, 1.165) is 4.90 Å². The van der Waals surface area contributed by atoms with E-state index >= 15 is 0 Å². The second-order valence-electron chi connectivity index (χ2n) is 5.09. The minimum absolute atomic E-state index is 0.115. The van der Waals surface area contributed by atoms with Gasteiger partial charge in [0.2, 0.25) is 6.79 Å². The van der Waals surface area contributed by atoms with Gasteiger partial charge in [-0.25, -0.2) is 4.79 Å². The number of amides is 3. The first-order valence-electron chi connectivity index (χ1n) is 6.57. The number of carbonyl (C=O) groups is 3. The number of nitrogens with one attached hydrogen (secondary N) is 1. The van der Waals surface area contributed by atoms with Crippen molar-refractivity contribution in [1.29, 1.82) is 0 Å². The Morgan fingerprint density at radius 2 is 2.09 bits per heavy atom. The Morgan fingerprint density at radius 3 is 2.82 bits per heavy atom. The van der Waals surface area contributed by atoms with Crippen LogP contribution >= 0.6 is 0 Å². The van der Waals surface area contributed by atoms with Crippen LogP contribution in [0.4, 0.5) is 4.79 Å².